The average Bonchev–Trinajstić information content (AvgIpc) is 2.43. The van der Waals surface area contributed by atoms with Gasteiger partial charge >= 0.3 is 11.2 Å². The molecule has 0 aliphatic carbocycles. The third-order valence-corrected chi connectivity index (χ3v) is 3.26. The summed E-state index contributed by atoms with van der Waals surface area (Å²) < 4.78 is 1.47. The zero-order valence-corrected chi connectivity index (χ0v) is 11.3. The molecule has 0 aliphatic heterocycles. The van der Waals surface area contributed by atoms with E-state index in [1.807, 2.05) is 30.3 Å². The Hall–Kier alpha value is -2.43. The molecule has 5 heteroatoms. The van der Waals surface area contributed by atoms with E-state index in [9.17, 15) is 14.9 Å². The molecule has 1 aromatic carbocycles. The summed E-state index contributed by atoms with van der Waals surface area (Å²) in [5.74, 6) is 0. The number of hydrogen-bond acceptors (Lipinski definition) is 3. The Morgan fingerprint density at radius 3 is 2.50 bits per heavy atom. The third-order valence-electron chi connectivity index (χ3n) is 3.26. The summed E-state index contributed by atoms with van der Waals surface area (Å²) in [5, 5.41) is 10.8. The molecule has 0 bridgehead atoms. The van der Waals surface area contributed by atoms with Crippen molar-refractivity contribution in [1.29, 1.82) is 0 Å². The van der Waals surface area contributed by atoms with Crippen molar-refractivity contribution in [2.24, 2.45) is 0 Å². The van der Waals surface area contributed by atoms with Crippen LogP contribution in [0, 0.1) is 17.0 Å². The molecule has 0 aliphatic rings. The molecule has 0 saturated heterocycles. The predicted molar refractivity (Wildman–Crippen MR) is 76.9 cm³/mol. The number of aryl methyl sites for hydroxylation is 2. The molecule has 0 saturated carbocycles. The minimum atomic E-state index is -0.629. The summed E-state index contributed by atoms with van der Waals surface area (Å²) in [4.78, 5) is 22.1. The molecule has 0 amide bonds. The lowest BCUT2D eigenvalue weighted by Crippen LogP contribution is -2.24. The lowest BCUT2D eigenvalue weighted by Gasteiger charge is -2.09. The Morgan fingerprint density at radius 1 is 1.15 bits per heavy atom. The van der Waals surface area contributed by atoms with Crippen molar-refractivity contribution in [3.8, 4) is 0 Å². The molecule has 0 unspecified atom stereocenters. The van der Waals surface area contributed by atoms with E-state index in [2.05, 4.69) is 0 Å². The van der Waals surface area contributed by atoms with Gasteiger partial charge in [-0.15, -0.1) is 0 Å². The second-order valence-corrected chi connectivity index (χ2v) is 4.66. The van der Waals surface area contributed by atoms with Crippen LogP contribution < -0.4 is 5.56 Å². The van der Waals surface area contributed by atoms with E-state index in [0.29, 0.717) is 6.54 Å². The lowest BCUT2D eigenvalue weighted by atomic mass is 10.1. The van der Waals surface area contributed by atoms with Gasteiger partial charge in [-0.1, -0.05) is 30.3 Å². The first-order valence-electron chi connectivity index (χ1n) is 6.48. The topological polar surface area (TPSA) is 65.1 Å². The van der Waals surface area contributed by atoms with Crippen LogP contribution in [0.5, 0.6) is 0 Å². The van der Waals surface area contributed by atoms with Crippen molar-refractivity contribution in [3.05, 3.63) is 74.2 Å². The lowest BCUT2D eigenvalue weighted by molar-refractivity contribution is -0.386. The van der Waals surface area contributed by atoms with Gasteiger partial charge in [-0.25, -0.2) is 0 Å². The van der Waals surface area contributed by atoms with Crippen LogP contribution in [-0.4, -0.2) is 9.49 Å². The summed E-state index contributed by atoms with van der Waals surface area (Å²) in [6.07, 6.45) is 1.61. The van der Waals surface area contributed by atoms with Crippen LogP contribution in [0.25, 0.3) is 0 Å². The molecule has 1 heterocycles. The van der Waals surface area contributed by atoms with Crippen LogP contribution in [0.4, 0.5) is 5.69 Å². The molecule has 20 heavy (non-hydrogen) atoms. The summed E-state index contributed by atoms with van der Waals surface area (Å²) in [7, 11) is 0. The second-order valence-electron chi connectivity index (χ2n) is 4.66. The number of nitrogens with zero attached hydrogens (tertiary/aromatic N) is 2. The van der Waals surface area contributed by atoms with Crippen LogP contribution in [0.2, 0.25) is 0 Å². The second kappa shape index (κ2) is 6.14. The first kappa shape index (κ1) is 14.0. The summed E-state index contributed by atoms with van der Waals surface area (Å²) in [5.41, 5.74) is 1.05. The fourth-order valence-corrected chi connectivity index (χ4v) is 2.16. The molecular formula is C15H16N2O3. The maximum atomic E-state index is 12.0. The van der Waals surface area contributed by atoms with E-state index >= 15 is 0 Å². The molecule has 0 radical (unpaired) electrons. The summed E-state index contributed by atoms with van der Waals surface area (Å²) in [6, 6.07) is 12.8. The van der Waals surface area contributed by atoms with Crippen LogP contribution in [-0.2, 0) is 13.0 Å². The molecule has 0 spiro atoms. The monoisotopic (exact) mass is 272 g/mol. The average molecular weight is 272 g/mol. The fourth-order valence-electron chi connectivity index (χ4n) is 2.16. The third kappa shape index (κ3) is 3.12. The normalized spacial score (nSPS) is 10.4. The number of hydrogen-bond donors (Lipinski definition) is 0. The zero-order valence-electron chi connectivity index (χ0n) is 11.3. The summed E-state index contributed by atoms with van der Waals surface area (Å²) in [6.45, 7) is 2.27. The molecule has 5 nitrogen and oxygen atoms in total. The molecule has 2 rings (SSSR count). The van der Waals surface area contributed by atoms with E-state index in [4.69, 9.17) is 0 Å². The Labute approximate surface area is 116 Å². The van der Waals surface area contributed by atoms with Crippen LogP contribution >= 0.6 is 0 Å². The number of nitro groups is 1. The molecule has 104 valence electrons. The Kier molecular flexibility index (Phi) is 4.30. The van der Waals surface area contributed by atoms with E-state index in [-0.39, 0.29) is 5.69 Å². The fraction of sp³-hybridized carbons (Fsp3) is 0.267. The minimum absolute atomic E-state index is 0.365. The van der Waals surface area contributed by atoms with E-state index in [1.165, 1.54) is 16.2 Å². The Bertz CT molecular complexity index is 663. The van der Waals surface area contributed by atoms with E-state index in [1.54, 1.807) is 13.0 Å². The van der Waals surface area contributed by atoms with Crippen LogP contribution in [0.15, 0.2) is 47.3 Å². The quantitative estimate of drug-likeness (QED) is 0.621. The van der Waals surface area contributed by atoms with Gasteiger partial charge in [0.2, 0.25) is 0 Å². The zero-order chi connectivity index (χ0) is 14.5. The maximum Gasteiger partial charge on any atom is 0.334 e. The van der Waals surface area contributed by atoms with Crippen molar-refractivity contribution >= 4 is 5.69 Å². The summed E-state index contributed by atoms with van der Waals surface area (Å²) >= 11 is 0. The van der Waals surface area contributed by atoms with Gasteiger partial charge in [0.25, 0.3) is 0 Å². The largest absolute Gasteiger partial charge is 0.334 e. The van der Waals surface area contributed by atoms with E-state index in [0.717, 1.165) is 18.5 Å². The first-order valence-corrected chi connectivity index (χ1v) is 6.48. The van der Waals surface area contributed by atoms with Gasteiger partial charge in [-0.05, 0) is 31.4 Å². The highest BCUT2D eigenvalue weighted by molar-refractivity contribution is 5.28. The SMILES string of the molecule is Cc1ccc([N+](=O)[O-])c(=O)n1CCCc1ccccc1. The van der Waals surface area contributed by atoms with Gasteiger partial charge in [-0.3, -0.25) is 14.9 Å². The van der Waals surface area contributed by atoms with E-state index < -0.39 is 10.5 Å². The number of rotatable bonds is 5. The molecule has 2 aromatic rings. The molecule has 0 atom stereocenters. The first-order chi connectivity index (χ1) is 9.59. The van der Waals surface area contributed by atoms with Crippen molar-refractivity contribution in [2.75, 3.05) is 0 Å². The van der Waals surface area contributed by atoms with Crippen molar-refractivity contribution in [1.82, 2.24) is 4.57 Å². The van der Waals surface area contributed by atoms with Gasteiger partial charge in [0.05, 0.1) is 4.92 Å². The number of pyridine rings is 1. The molecule has 0 N–H and O–H groups in total. The van der Waals surface area contributed by atoms with Crippen molar-refractivity contribution < 1.29 is 4.92 Å². The van der Waals surface area contributed by atoms with Crippen molar-refractivity contribution in [2.45, 2.75) is 26.3 Å². The molecule has 0 fully saturated rings. The molecular weight excluding hydrogens is 256 g/mol. The highest BCUT2D eigenvalue weighted by Gasteiger charge is 2.15. The highest BCUT2D eigenvalue weighted by atomic mass is 16.6. The van der Waals surface area contributed by atoms with Crippen LogP contribution in [0.3, 0.4) is 0 Å². The van der Waals surface area contributed by atoms with Gasteiger partial charge in [-0.2, -0.15) is 0 Å². The Balaban J connectivity index is 2.12. The Morgan fingerprint density at radius 2 is 1.85 bits per heavy atom. The van der Waals surface area contributed by atoms with Gasteiger partial charge in [0.15, 0.2) is 0 Å². The van der Waals surface area contributed by atoms with Gasteiger partial charge in [0.1, 0.15) is 0 Å². The van der Waals surface area contributed by atoms with Gasteiger partial charge < -0.3 is 4.57 Å². The highest BCUT2D eigenvalue weighted by Crippen LogP contribution is 2.08. The standard InChI is InChI=1S/C15H16N2O3/c1-12-9-10-14(17(19)20)15(18)16(12)11-5-8-13-6-3-2-4-7-13/h2-4,6-7,9-10H,5,8,11H2,1H3. The predicted octanol–water partition coefficient (Wildman–Crippen LogP) is 2.70. The van der Waals surface area contributed by atoms with Crippen LogP contribution in [0.1, 0.15) is 17.7 Å². The maximum absolute atomic E-state index is 12.0. The van der Waals surface area contributed by atoms with Crippen molar-refractivity contribution in [3.63, 3.8) is 0 Å². The number of aromatic nitrogens is 1. The number of benzene rings is 1. The minimum Gasteiger partial charge on any atom is -0.307 e. The smallest absolute Gasteiger partial charge is 0.307 e. The molecule has 1 aromatic heterocycles. The van der Waals surface area contributed by atoms with Gasteiger partial charge in [0, 0.05) is 18.3 Å².